The van der Waals surface area contributed by atoms with Crippen molar-refractivity contribution in [3.8, 4) is 0 Å². The zero-order valence-corrected chi connectivity index (χ0v) is 19.5. The molecule has 8 heteroatoms. The molecule has 1 aliphatic heterocycles. The van der Waals surface area contributed by atoms with Crippen molar-refractivity contribution in [3.63, 3.8) is 0 Å². The maximum atomic E-state index is 13.0. The van der Waals surface area contributed by atoms with E-state index in [1.165, 1.54) is 17.8 Å². The fourth-order valence-corrected chi connectivity index (χ4v) is 3.31. The van der Waals surface area contributed by atoms with Gasteiger partial charge in [0.1, 0.15) is 5.82 Å². The van der Waals surface area contributed by atoms with E-state index in [1.54, 1.807) is 19.2 Å². The second-order valence-corrected chi connectivity index (χ2v) is 6.93. The van der Waals surface area contributed by atoms with E-state index >= 15 is 0 Å². The Hall–Kier alpha value is -2.36. The third-order valence-corrected chi connectivity index (χ3v) is 4.98. The van der Waals surface area contributed by atoms with E-state index in [0.29, 0.717) is 25.5 Å². The lowest BCUT2D eigenvalue weighted by Crippen LogP contribution is -2.49. The molecule has 2 aromatic rings. The zero-order chi connectivity index (χ0) is 20.5. The summed E-state index contributed by atoms with van der Waals surface area (Å²) in [5.74, 6) is 0.523. The third kappa shape index (κ3) is 7.16. The van der Waals surface area contributed by atoms with Gasteiger partial charge in [0.2, 0.25) is 5.91 Å². The Labute approximate surface area is 194 Å². The highest BCUT2D eigenvalue weighted by atomic mass is 127. The van der Waals surface area contributed by atoms with Crippen LogP contribution in [0.15, 0.2) is 59.6 Å². The zero-order valence-electron chi connectivity index (χ0n) is 17.2. The molecule has 0 saturated carbocycles. The van der Waals surface area contributed by atoms with Crippen LogP contribution in [0.5, 0.6) is 0 Å². The Morgan fingerprint density at radius 1 is 1.00 bits per heavy atom. The number of hydrogen-bond acceptors (Lipinski definition) is 3. The van der Waals surface area contributed by atoms with E-state index in [0.717, 1.165) is 31.7 Å². The average molecular weight is 525 g/mol. The number of amides is 1. The van der Waals surface area contributed by atoms with Crippen molar-refractivity contribution in [2.45, 2.75) is 13.0 Å². The summed E-state index contributed by atoms with van der Waals surface area (Å²) in [4.78, 5) is 20.9. The molecule has 0 unspecified atom stereocenters. The Kier molecular flexibility index (Phi) is 9.85. The number of piperazine rings is 1. The minimum atomic E-state index is -0.251. The summed E-state index contributed by atoms with van der Waals surface area (Å²) in [7, 11) is 1.69. The Morgan fingerprint density at radius 3 is 2.30 bits per heavy atom. The van der Waals surface area contributed by atoms with E-state index < -0.39 is 0 Å². The molecule has 0 bridgehead atoms. The van der Waals surface area contributed by atoms with Crippen LogP contribution in [0.25, 0.3) is 0 Å². The fraction of sp³-hybridized carbons (Fsp3) is 0.364. The first-order valence-electron chi connectivity index (χ1n) is 9.92. The van der Waals surface area contributed by atoms with Crippen molar-refractivity contribution < 1.29 is 9.18 Å². The number of anilines is 1. The summed E-state index contributed by atoms with van der Waals surface area (Å²) in [5.41, 5.74) is 2.17. The van der Waals surface area contributed by atoms with Crippen molar-refractivity contribution in [2.75, 3.05) is 44.7 Å². The van der Waals surface area contributed by atoms with Crippen LogP contribution in [0.4, 0.5) is 10.1 Å². The lowest BCUT2D eigenvalue weighted by Gasteiger charge is -2.36. The fourth-order valence-electron chi connectivity index (χ4n) is 3.31. The van der Waals surface area contributed by atoms with E-state index in [2.05, 4.69) is 32.7 Å². The van der Waals surface area contributed by atoms with Crippen molar-refractivity contribution in [1.82, 2.24) is 15.5 Å². The second-order valence-electron chi connectivity index (χ2n) is 6.93. The van der Waals surface area contributed by atoms with Crippen LogP contribution >= 0.6 is 24.0 Å². The van der Waals surface area contributed by atoms with Crippen LogP contribution in [-0.4, -0.2) is 56.5 Å². The second kappa shape index (κ2) is 12.4. The average Bonchev–Trinajstić information content (AvgIpc) is 2.78. The largest absolute Gasteiger partial charge is 0.368 e. The molecule has 0 atom stereocenters. The van der Waals surface area contributed by atoms with Gasteiger partial charge in [-0.3, -0.25) is 9.79 Å². The summed E-state index contributed by atoms with van der Waals surface area (Å²) in [6.07, 6.45) is 0.419. The van der Waals surface area contributed by atoms with E-state index in [9.17, 15) is 9.18 Å². The predicted octanol–water partition coefficient (Wildman–Crippen LogP) is 2.85. The van der Waals surface area contributed by atoms with Gasteiger partial charge in [0, 0.05) is 58.4 Å². The quantitative estimate of drug-likeness (QED) is 0.346. The van der Waals surface area contributed by atoms with Gasteiger partial charge in [0.15, 0.2) is 5.96 Å². The molecular formula is C22H29FIN5O. The highest BCUT2D eigenvalue weighted by molar-refractivity contribution is 14.0. The minimum Gasteiger partial charge on any atom is -0.368 e. The van der Waals surface area contributed by atoms with Gasteiger partial charge >= 0.3 is 0 Å². The Morgan fingerprint density at radius 2 is 1.67 bits per heavy atom. The minimum absolute atomic E-state index is 0. The number of hydrogen-bond donors (Lipinski definition) is 2. The highest BCUT2D eigenvalue weighted by Gasteiger charge is 2.20. The monoisotopic (exact) mass is 525 g/mol. The first kappa shape index (κ1) is 23.9. The predicted molar refractivity (Wildman–Crippen MR) is 130 cm³/mol. The summed E-state index contributed by atoms with van der Waals surface area (Å²) in [6, 6.07) is 16.6. The number of nitrogens with one attached hydrogen (secondary N) is 2. The number of benzene rings is 2. The lowest BCUT2D eigenvalue weighted by molar-refractivity contribution is -0.131. The van der Waals surface area contributed by atoms with Crippen LogP contribution in [0.3, 0.4) is 0 Å². The summed E-state index contributed by atoms with van der Waals surface area (Å²) in [5, 5.41) is 6.33. The standard InChI is InChI=1S/C22H28FN5O.HI/c1-24-22(26-17-18-7-9-19(23)10-8-18)25-12-11-21(29)28-15-13-27(14-16-28)20-5-3-2-4-6-20;/h2-10H,11-17H2,1H3,(H2,24,25,26);1H. The van der Waals surface area contributed by atoms with Crippen LogP contribution in [0.1, 0.15) is 12.0 Å². The van der Waals surface area contributed by atoms with Crippen molar-refractivity contribution in [3.05, 3.63) is 66.0 Å². The van der Waals surface area contributed by atoms with E-state index in [-0.39, 0.29) is 35.7 Å². The number of carbonyl (C=O) groups is 1. The molecule has 1 heterocycles. The topological polar surface area (TPSA) is 60.0 Å². The number of guanidine groups is 1. The molecular weight excluding hydrogens is 496 g/mol. The molecule has 1 amide bonds. The molecule has 162 valence electrons. The maximum absolute atomic E-state index is 13.0. The molecule has 2 aromatic carbocycles. The van der Waals surface area contributed by atoms with Crippen molar-refractivity contribution >= 4 is 41.5 Å². The molecule has 3 rings (SSSR count). The molecule has 2 N–H and O–H groups in total. The van der Waals surface area contributed by atoms with Crippen molar-refractivity contribution in [2.24, 2.45) is 4.99 Å². The Bertz CT molecular complexity index is 808. The maximum Gasteiger partial charge on any atom is 0.224 e. The molecule has 1 aliphatic rings. The van der Waals surface area contributed by atoms with Gasteiger partial charge in [-0.05, 0) is 29.8 Å². The smallest absolute Gasteiger partial charge is 0.224 e. The molecule has 0 radical (unpaired) electrons. The SMILES string of the molecule is CN=C(NCCC(=O)N1CCN(c2ccccc2)CC1)NCc1ccc(F)cc1.I. The number of rotatable bonds is 6. The first-order chi connectivity index (χ1) is 14.2. The molecule has 30 heavy (non-hydrogen) atoms. The van der Waals surface area contributed by atoms with Crippen LogP contribution < -0.4 is 15.5 Å². The number of aliphatic imine (C=N–C) groups is 1. The van der Waals surface area contributed by atoms with E-state index in [4.69, 9.17) is 0 Å². The third-order valence-electron chi connectivity index (χ3n) is 4.98. The van der Waals surface area contributed by atoms with Gasteiger partial charge in [-0.2, -0.15) is 0 Å². The number of para-hydroxylation sites is 1. The molecule has 0 spiro atoms. The molecule has 0 aromatic heterocycles. The van der Waals surface area contributed by atoms with Gasteiger partial charge in [0.05, 0.1) is 0 Å². The van der Waals surface area contributed by atoms with Crippen molar-refractivity contribution in [1.29, 1.82) is 0 Å². The van der Waals surface area contributed by atoms with E-state index in [1.807, 2.05) is 23.1 Å². The van der Waals surface area contributed by atoms with Gasteiger partial charge in [0.25, 0.3) is 0 Å². The van der Waals surface area contributed by atoms with Crippen LogP contribution in [0, 0.1) is 5.82 Å². The van der Waals surface area contributed by atoms with Gasteiger partial charge in [-0.15, -0.1) is 24.0 Å². The Balaban J connectivity index is 0.00000320. The summed E-state index contributed by atoms with van der Waals surface area (Å²) >= 11 is 0. The molecule has 1 saturated heterocycles. The normalized spacial score (nSPS) is 14.1. The molecule has 6 nitrogen and oxygen atoms in total. The number of halogens is 2. The van der Waals surface area contributed by atoms with Gasteiger partial charge < -0.3 is 20.4 Å². The highest BCUT2D eigenvalue weighted by Crippen LogP contribution is 2.15. The summed E-state index contributed by atoms with van der Waals surface area (Å²) in [6.45, 7) is 4.24. The number of nitrogens with zero attached hydrogens (tertiary/aromatic N) is 3. The van der Waals surface area contributed by atoms with Crippen LogP contribution in [-0.2, 0) is 11.3 Å². The molecule has 0 aliphatic carbocycles. The first-order valence-corrected chi connectivity index (χ1v) is 9.92. The van der Waals surface area contributed by atoms with Crippen LogP contribution in [0.2, 0.25) is 0 Å². The number of carbonyl (C=O) groups excluding carboxylic acids is 1. The summed E-state index contributed by atoms with van der Waals surface area (Å²) < 4.78 is 13.0. The lowest BCUT2D eigenvalue weighted by atomic mass is 10.2. The van der Waals surface area contributed by atoms with Gasteiger partial charge in [-0.25, -0.2) is 4.39 Å². The van der Waals surface area contributed by atoms with Gasteiger partial charge in [-0.1, -0.05) is 30.3 Å². The molecule has 1 fully saturated rings.